The van der Waals surface area contributed by atoms with Crippen LogP contribution in [0.25, 0.3) is 10.9 Å². The van der Waals surface area contributed by atoms with Crippen molar-refractivity contribution in [3.8, 4) is 0 Å². The molecular weight excluding hydrogens is 303 g/mol. The van der Waals surface area contributed by atoms with Gasteiger partial charge >= 0.3 is 6.18 Å². The molecule has 1 heterocycles. The molecule has 0 aliphatic carbocycles. The first-order chi connectivity index (χ1) is 10.9. The fraction of sp³-hybridized carbons (Fsp3) is 0.167. The molecule has 0 fully saturated rings. The number of fused-ring (bicyclic) bond motifs is 1. The molecular formula is C18H14F3NO. The number of hydrogen-bond donors (Lipinski definition) is 0. The summed E-state index contributed by atoms with van der Waals surface area (Å²) in [7, 11) is 0. The number of nitrogens with zero attached hydrogens (tertiary/aromatic N) is 1. The van der Waals surface area contributed by atoms with E-state index in [0.29, 0.717) is 10.9 Å². The van der Waals surface area contributed by atoms with Gasteiger partial charge < -0.3 is 4.57 Å². The van der Waals surface area contributed by atoms with E-state index >= 15 is 0 Å². The number of halogens is 3. The third kappa shape index (κ3) is 2.74. The van der Waals surface area contributed by atoms with E-state index in [9.17, 15) is 18.0 Å². The van der Waals surface area contributed by atoms with Crippen molar-refractivity contribution in [1.82, 2.24) is 4.57 Å². The van der Waals surface area contributed by atoms with Crippen molar-refractivity contribution >= 4 is 16.7 Å². The molecule has 3 aromatic rings. The molecule has 2 aromatic carbocycles. The second kappa shape index (κ2) is 5.57. The van der Waals surface area contributed by atoms with E-state index in [2.05, 4.69) is 0 Å². The lowest BCUT2D eigenvalue weighted by Gasteiger charge is -2.14. The molecule has 3 rings (SSSR count). The van der Waals surface area contributed by atoms with Gasteiger partial charge in [-0.05, 0) is 18.6 Å². The van der Waals surface area contributed by atoms with Gasteiger partial charge in [-0.15, -0.1) is 0 Å². The number of Topliss-reactive ketones (excluding diaryl/α,β-unsaturated/α-hetero) is 1. The lowest BCUT2D eigenvalue weighted by molar-refractivity contribution is -0.143. The predicted molar refractivity (Wildman–Crippen MR) is 82.5 cm³/mol. The van der Waals surface area contributed by atoms with Crippen molar-refractivity contribution in [3.63, 3.8) is 0 Å². The minimum atomic E-state index is -4.60. The summed E-state index contributed by atoms with van der Waals surface area (Å²) in [5.74, 6) is -0.583. The van der Waals surface area contributed by atoms with Crippen molar-refractivity contribution in [2.75, 3.05) is 0 Å². The van der Waals surface area contributed by atoms with Gasteiger partial charge in [0.15, 0.2) is 5.78 Å². The van der Waals surface area contributed by atoms with Crippen molar-refractivity contribution < 1.29 is 18.0 Å². The van der Waals surface area contributed by atoms with E-state index in [-0.39, 0.29) is 12.1 Å². The van der Waals surface area contributed by atoms with Crippen LogP contribution in [-0.2, 0) is 12.7 Å². The Kier molecular flexibility index (Phi) is 3.72. The molecule has 0 amide bonds. The minimum absolute atomic E-state index is 0.0590. The lowest BCUT2D eigenvalue weighted by atomic mass is 10.1. The maximum atomic E-state index is 13.6. The van der Waals surface area contributed by atoms with E-state index in [0.717, 1.165) is 5.56 Å². The van der Waals surface area contributed by atoms with Gasteiger partial charge in [0, 0.05) is 17.4 Å². The Morgan fingerprint density at radius 2 is 1.61 bits per heavy atom. The molecule has 0 radical (unpaired) electrons. The first kappa shape index (κ1) is 15.3. The number of carbonyl (C=O) groups excluding carboxylic acids is 1. The average Bonchev–Trinajstić information content (AvgIpc) is 2.83. The second-order valence-electron chi connectivity index (χ2n) is 5.37. The van der Waals surface area contributed by atoms with Gasteiger partial charge in [0.05, 0.1) is 5.56 Å². The molecule has 118 valence electrons. The quantitative estimate of drug-likeness (QED) is 0.629. The van der Waals surface area contributed by atoms with Gasteiger partial charge in [0.1, 0.15) is 5.69 Å². The highest BCUT2D eigenvalue weighted by atomic mass is 19.4. The van der Waals surface area contributed by atoms with Crippen LogP contribution in [0.1, 0.15) is 28.5 Å². The zero-order valence-electron chi connectivity index (χ0n) is 12.4. The van der Waals surface area contributed by atoms with Gasteiger partial charge in [0.25, 0.3) is 0 Å². The van der Waals surface area contributed by atoms with Crippen LogP contribution in [0.5, 0.6) is 0 Å². The van der Waals surface area contributed by atoms with Crippen LogP contribution in [-0.4, -0.2) is 10.4 Å². The Bertz CT molecular complexity index is 863. The Morgan fingerprint density at radius 3 is 2.22 bits per heavy atom. The maximum Gasteiger partial charge on any atom is 0.432 e. The van der Waals surface area contributed by atoms with Crippen LogP contribution in [0.15, 0.2) is 54.6 Å². The zero-order valence-corrected chi connectivity index (χ0v) is 12.4. The molecule has 0 saturated heterocycles. The van der Waals surface area contributed by atoms with Crippen LogP contribution in [0.2, 0.25) is 0 Å². The molecule has 0 bridgehead atoms. The third-order valence-corrected chi connectivity index (χ3v) is 3.77. The summed E-state index contributed by atoms with van der Waals surface area (Å²) in [6.45, 7) is 1.23. The molecule has 0 unspecified atom stereocenters. The summed E-state index contributed by atoms with van der Waals surface area (Å²) >= 11 is 0. The minimum Gasteiger partial charge on any atom is -0.332 e. The van der Waals surface area contributed by atoms with E-state index in [1.807, 2.05) is 6.07 Å². The normalized spacial score (nSPS) is 11.8. The van der Waals surface area contributed by atoms with E-state index in [1.54, 1.807) is 48.5 Å². The van der Waals surface area contributed by atoms with Crippen molar-refractivity contribution in [2.24, 2.45) is 0 Å². The smallest absolute Gasteiger partial charge is 0.332 e. The van der Waals surface area contributed by atoms with E-state index in [1.165, 1.54) is 11.5 Å². The first-order valence-corrected chi connectivity index (χ1v) is 7.13. The summed E-state index contributed by atoms with van der Waals surface area (Å²) in [5, 5.41) is 0.336. The Hall–Kier alpha value is -2.56. The number of aromatic nitrogens is 1. The fourth-order valence-electron chi connectivity index (χ4n) is 2.88. The molecule has 1 aromatic heterocycles. The Balaban J connectivity index is 2.33. The van der Waals surface area contributed by atoms with Crippen LogP contribution in [0.4, 0.5) is 13.2 Å². The standard InChI is InChI=1S/C18H14F3NO/c1-12(23)16-14-9-5-6-10-15(14)22(17(16)18(19,20)21)11-13-7-3-2-4-8-13/h2-10H,11H2,1H3. The number of hydrogen-bond acceptors (Lipinski definition) is 1. The number of carbonyl (C=O) groups is 1. The van der Waals surface area contributed by atoms with Crippen LogP contribution >= 0.6 is 0 Å². The number of alkyl halides is 3. The summed E-state index contributed by atoms with van der Waals surface area (Å²) in [6.07, 6.45) is -4.60. The molecule has 0 atom stereocenters. The van der Waals surface area contributed by atoms with Gasteiger partial charge in [-0.3, -0.25) is 4.79 Å². The SMILES string of the molecule is CC(=O)c1c(C(F)(F)F)n(Cc2ccccc2)c2ccccc12. The summed E-state index contributed by atoms with van der Waals surface area (Å²) in [6, 6.07) is 15.4. The van der Waals surface area contributed by atoms with Gasteiger partial charge in [0.2, 0.25) is 0 Å². The molecule has 0 aliphatic rings. The molecule has 0 N–H and O–H groups in total. The average molecular weight is 317 g/mol. The van der Waals surface area contributed by atoms with Crippen LogP contribution in [0, 0.1) is 0 Å². The van der Waals surface area contributed by atoms with Crippen molar-refractivity contribution in [3.05, 3.63) is 71.4 Å². The van der Waals surface area contributed by atoms with Crippen LogP contribution < -0.4 is 0 Å². The summed E-state index contributed by atoms with van der Waals surface area (Å²) in [4.78, 5) is 11.9. The maximum absolute atomic E-state index is 13.6. The third-order valence-electron chi connectivity index (χ3n) is 3.77. The molecule has 0 spiro atoms. The van der Waals surface area contributed by atoms with Gasteiger partial charge in [-0.1, -0.05) is 48.5 Å². The second-order valence-corrected chi connectivity index (χ2v) is 5.37. The van der Waals surface area contributed by atoms with E-state index in [4.69, 9.17) is 0 Å². The molecule has 2 nitrogen and oxygen atoms in total. The molecule has 5 heteroatoms. The summed E-state index contributed by atoms with van der Waals surface area (Å²) in [5.41, 5.74) is 0.0156. The van der Waals surface area contributed by atoms with Crippen molar-refractivity contribution in [1.29, 1.82) is 0 Å². The zero-order chi connectivity index (χ0) is 16.6. The van der Waals surface area contributed by atoms with Gasteiger partial charge in [-0.2, -0.15) is 13.2 Å². The monoisotopic (exact) mass is 317 g/mol. The van der Waals surface area contributed by atoms with Crippen LogP contribution in [0.3, 0.4) is 0 Å². The topological polar surface area (TPSA) is 22.0 Å². The Morgan fingerprint density at radius 1 is 1.00 bits per heavy atom. The highest BCUT2D eigenvalue weighted by Crippen LogP contribution is 2.38. The first-order valence-electron chi connectivity index (χ1n) is 7.13. The number of para-hydroxylation sites is 1. The number of rotatable bonds is 3. The highest BCUT2D eigenvalue weighted by molar-refractivity contribution is 6.08. The van der Waals surface area contributed by atoms with Gasteiger partial charge in [-0.25, -0.2) is 0 Å². The van der Waals surface area contributed by atoms with E-state index < -0.39 is 17.7 Å². The lowest BCUT2D eigenvalue weighted by Crippen LogP contribution is -2.17. The number of benzene rings is 2. The largest absolute Gasteiger partial charge is 0.432 e. The molecule has 0 saturated carbocycles. The van der Waals surface area contributed by atoms with Crippen molar-refractivity contribution in [2.45, 2.75) is 19.6 Å². The predicted octanol–water partition coefficient (Wildman–Crippen LogP) is 4.91. The Labute approximate surface area is 131 Å². The fourth-order valence-corrected chi connectivity index (χ4v) is 2.88. The number of ketones is 1. The molecule has 0 aliphatic heterocycles. The molecule has 23 heavy (non-hydrogen) atoms. The highest BCUT2D eigenvalue weighted by Gasteiger charge is 2.40. The summed E-state index contributed by atoms with van der Waals surface area (Å²) < 4.78 is 42.1.